The standard InChI is InChI=1S/C24H32N4O7S/c1-3-19(22(30)24-27-26-20(35-24)14-34-2)25-23(31)18(13-21(29)28-11-7-8-12-28)16-36(32,33)15-17-9-5-4-6-10-17/h4-6,9-10,18-19H,3,7-8,11-16H2,1-2H3,(H,25,31). The Labute approximate surface area is 210 Å². The van der Waals surface area contributed by atoms with Crippen molar-refractivity contribution in [2.45, 2.75) is 51.0 Å². The molecule has 0 saturated carbocycles. The van der Waals surface area contributed by atoms with Gasteiger partial charge in [0.05, 0.1) is 23.5 Å². The number of Topliss-reactive ketones (excluding diaryl/α,β-unsaturated/α-hetero) is 1. The van der Waals surface area contributed by atoms with Crippen molar-refractivity contribution in [2.75, 3.05) is 26.0 Å². The molecule has 2 atom stereocenters. The van der Waals surface area contributed by atoms with E-state index in [4.69, 9.17) is 9.15 Å². The molecular weight excluding hydrogens is 488 g/mol. The summed E-state index contributed by atoms with van der Waals surface area (Å²) in [4.78, 5) is 40.6. The number of hydrogen-bond donors (Lipinski definition) is 1. The van der Waals surface area contributed by atoms with Crippen LogP contribution in [0.2, 0.25) is 0 Å². The molecule has 1 N–H and O–H groups in total. The molecule has 1 aliphatic heterocycles. The number of methoxy groups -OCH3 is 1. The van der Waals surface area contributed by atoms with Crippen LogP contribution >= 0.6 is 0 Å². The summed E-state index contributed by atoms with van der Waals surface area (Å²) in [5.41, 5.74) is 0.590. The molecule has 1 fully saturated rings. The highest BCUT2D eigenvalue weighted by Gasteiger charge is 2.33. The predicted octanol–water partition coefficient (Wildman–Crippen LogP) is 1.54. The fourth-order valence-electron chi connectivity index (χ4n) is 4.05. The lowest BCUT2D eigenvalue weighted by molar-refractivity contribution is -0.135. The van der Waals surface area contributed by atoms with E-state index in [0.29, 0.717) is 18.7 Å². The number of amides is 2. The van der Waals surface area contributed by atoms with Crippen LogP contribution in [0.25, 0.3) is 0 Å². The molecule has 2 unspecified atom stereocenters. The van der Waals surface area contributed by atoms with E-state index in [1.165, 1.54) is 7.11 Å². The largest absolute Gasteiger partial charge is 0.416 e. The first-order valence-corrected chi connectivity index (χ1v) is 13.7. The normalized spacial score (nSPS) is 15.4. The lowest BCUT2D eigenvalue weighted by Crippen LogP contribution is -2.46. The maximum absolute atomic E-state index is 13.3. The highest BCUT2D eigenvalue weighted by Crippen LogP contribution is 2.18. The van der Waals surface area contributed by atoms with Gasteiger partial charge in [-0.15, -0.1) is 10.2 Å². The maximum Gasteiger partial charge on any atom is 0.286 e. The molecule has 2 heterocycles. The lowest BCUT2D eigenvalue weighted by atomic mass is 10.0. The molecule has 0 spiro atoms. The number of hydrogen-bond acceptors (Lipinski definition) is 9. The zero-order valence-electron chi connectivity index (χ0n) is 20.5. The molecule has 1 aromatic heterocycles. The van der Waals surface area contributed by atoms with Gasteiger partial charge in [0.25, 0.3) is 5.89 Å². The van der Waals surface area contributed by atoms with Gasteiger partial charge in [0.1, 0.15) is 6.61 Å². The first kappa shape index (κ1) is 27.5. The van der Waals surface area contributed by atoms with Crippen molar-refractivity contribution >= 4 is 27.4 Å². The summed E-state index contributed by atoms with van der Waals surface area (Å²) in [5.74, 6) is -3.65. The third-order valence-corrected chi connectivity index (χ3v) is 7.61. The molecule has 2 amide bonds. The fourth-order valence-corrected chi connectivity index (χ4v) is 5.75. The second-order valence-electron chi connectivity index (χ2n) is 8.80. The average molecular weight is 521 g/mol. The van der Waals surface area contributed by atoms with E-state index in [1.807, 2.05) is 0 Å². The number of sulfone groups is 1. The highest BCUT2D eigenvalue weighted by molar-refractivity contribution is 7.90. The van der Waals surface area contributed by atoms with E-state index in [1.54, 1.807) is 42.2 Å². The lowest BCUT2D eigenvalue weighted by Gasteiger charge is -2.23. The summed E-state index contributed by atoms with van der Waals surface area (Å²) in [5, 5.41) is 10.0. The molecular formula is C24H32N4O7S. The Morgan fingerprint density at radius 1 is 1.14 bits per heavy atom. The first-order valence-electron chi connectivity index (χ1n) is 11.9. The van der Waals surface area contributed by atoms with E-state index in [0.717, 1.165) is 12.8 Å². The topological polar surface area (TPSA) is 149 Å². The van der Waals surface area contributed by atoms with Crippen LogP contribution in [-0.2, 0) is 36.5 Å². The van der Waals surface area contributed by atoms with Gasteiger partial charge in [-0.05, 0) is 24.8 Å². The van der Waals surface area contributed by atoms with Gasteiger partial charge in [-0.1, -0.05) is 37.3 Å². The summed E-state index contributed by atoms with van der Waals surface area (Å²) in [6.07, 6.45) is 1.69. The number of aromatic nitrogens is 2. The second-order valence-corrected chi connectivity index (χ2v) is 10.9. The van der Waals surface area contributed by atoms with E-state index < -0.39 is 39.2 Å². The minimum Gasteiger partial charge on any atom is -0.416 e. The van der Waals surface area contributed by atoms with Crippen LogP contribution in [0.1, 0.15) is 54.7 Å². The molecule has 3 rings (SSSR count). The summed E-state index contributed by atoms with van der Waals surface area (Å²) < 4.78 is 36.1. The third kappa shape index (κ3) is 7.69. The molecule has 1 aliphatic rings. The number of carbonyl (C=O) groups excluding carboxylic acids is 3. The minimum atomic E-state index is -3.74. The number of ketones is 1. The predicted molar refractivity (Wildman–Crippen MR) is 129 cm³/mol. The van der Waals surface area contributed by atoms with Crippen molar-refractivity contribution in [1.29, 1.82) is 0 Å². The van der Waals surface area contributed by atoms with Gasteiger partial charge in [0.15, 0.2) is 9.84 Å². The third-order valence-electron chi connectivity index (χ3n) is 5.92. The van der Waals surface area contributed by atoms with E-state index in [2.05, 4.69) is 15.5 Å². The SMILES string of the molecule is CCC(NC(=O)C(CC(=O)N1CCCC1)CS(=O)(=O)Cc1ccccc1)C(=O)c1nnc(COC)o1. The number of nitrogens with one attached hydrogen (secondary N) is 1. The van der Waals surface area contributed by atoms with Gasteiger partial charge >= 0.3 is 0 Å². The van der Waals surface area contributed by atoms with Gasteiger partial charge in [0.2, 0.25) is 23.5 Å². The molecule has 1 saturated heterocycles. The number of ether oxygens (including phenoxy) is 1. The number of benzene rings is 1. The van der Waals surface area contributed by atoms with Crippen LogP contribution in [0.15, 0.2) is 34.7 Å². The van der Waals surface area contributed by atoms with Crippen LogP contribution in [-0.4, -0.2) is 73.1 Å². The number of nitrogens with zero attached hydrogens (tertiary/aromatic N) is 3. The quantitative estimate of drug-likeness (QED) is 0.388. The second kappa shape index (κ2) is 12.7. The van der Waals surface area contributed by atoms with Gasteiger partial charge in [-0.25, -0.2) is 8.42 Å². The molecule has 1 aromatic carbocycles. The van der Waals surface area contributed by atoms with Crippen LogP contribution in [0.5, 0.6) is 0 Å². The number of likely N-dealkylation sites (tertiary alicyclic amines) is 1. The van der Waals surface area contributed by atoms with Crippen molar-refractivity contribution in [3.63, 3.8) is 0 Å². The van der Waals surface area contributed by atoms with Crippen LogP contribution in [0.3, 0.4) is 0 Å². The van der Waals surface area contributed by atoms with Gasteiger partial charge in [-0.3, -0.25) is 14.4 Å². The summed E-state index contributed by atoms with van der Waals surface area (Å²) >= 11 is 0. The van der Waals surface area contributed by atoms with Crippen molar-refractivity contribution in [3.05, 3.63) is 47.7 Å². The van der Waals surface area contributed by atoms with Gasteiger partial charge < -0.3 is 19.4 Å². The fraction of sp³-hybridized carbons (Fsp3) is 0.542. The van der Waals surface area contributed by atoms with E-state index in [-0.39, 0.29) is 42.9 Å². The first-order chi connectivity index (χ1) is 17.2. The summed E-state index contributed by atoms with van der Waals surface area (Å²) in [7, 11) is -2.30. The van der Waals surface area contributed by atoms with Crippen LogP contribution < -0.4 is 5.32 Å². The Balaban J connectivity index is 1.75. The molecule has 2 aromatic rings. The zero-order valence-corrected chi connectivity index (χ0v) is 21.3. The van der Waals surface area contributed by atoms with Crippen molar-refractivity contribution in [3.8, 4) is 0 Å². The molecule has 12 heteroatoms. The molecule has 0 aliphatic carbocycles. The Kier molecular flexibility index (Phi) is 9.71. The Hall–Kier alpha value is -3.12. The molecule has 36 heavy (non-hydrogen) atoms. The number of rotatable bonds is 13. The smallest absolute Gasteiger partial charge is 0.286 e. The van der Waals surface area contributed by atoms with E-state index in [9.17, 15) is 22.8 Å². The van der Waals surface area contributed by atoms with Crippen molar-refractivity contribution in [1.82, 2.24) is 20.4 Å². The average Bonchev–Trinajstić information content (AvgIpc) is 3.55. The molecule has 11 nitrogen and oxygen atoms in total. The maximum atomic E-state index is 13.3. The summed E-state index contributed by atoms with van der Waals surface area (Å²) in [6.45, 7) is 2.89. The van der Waals surface area contributed by atoms with Crippen LogP contribution in [0.4, 0.5) is 0 Å². The monoisotopic (exact) mass is 520 g/mol. The Bertz CT molecular complexity index is 1140. The minimum absolute atomic E-state index is 0.0311. The summed E-state index contributed by atoms with van der Waals surface area (Å²) in [6, 6.07) is 7.61. The molecule has 0 radical (unpaired) electrons. The highest BCUT2D eigenvalue weighted by atomic mass is 32.2. The Morgan fingerprint density at radius 3 is 2.47 bits per heavy atom. The van der Waals surface area contributed by atoms with Crippen LogP contribution in [0, 0.1) is 5.92 Å². The van der Waals surface area contributed by atoms with Crippen molar-refractivity contribution < 1.29 is 32.0 Å². The zero-order chi connectivity index (χ0) is 26.1. The van der Waals surface area contributed by atoms with Gasteiger partial charge in [-0.2, -0.15) is 0 Å². The number of carbonyl (C=O) groups is 3. The van der Waals surface area contributed by atoms with E-state index >= 15 is 0 Å². The Morgan fingerprint density at radius 2 is 1.83 bits per heavy atom. The molecule has 196 valence electrons. The van der Waals surface area contributed by atoms with Crippen molar-refractivity contribution in [2.24, 2.45) is 5.92 Å². The molecule has 0 bridgehead atoms. The van der Waals surface area contributed by atoms with Gasteiger partial charge in [0, 0.05) is 26.6 Å².